The summed E-state index contributed by atoms with van der Waals surface area (Å²) in [6, 6.07) is 5.39. The lowest BCUT2D eigenvalue weighted by molar-refractivity contribution is 0.489. The molecule has 5 nitrogen and oxygen atoms in total. The highest BCUT2D eigenvalue weighted by molar-refractivity contribution is 7.98. The molecule has 0 spiro atoms. The van der Waals surface area contributed by atoms with Crippen LogP contribution in [0.4, 0.5) is 5.69 Å². The van der Waals surface area contributed by atoms with Gasteiger partial charge >= 0.3 is 0 Å². The molecule has 0 aliphatic carbocycles. The van der Waals surface area contributed by atoms with Crippen molar-refractivity contribution < 1.29 is 4.42 Å². The molecule has 0 aliphatic rings. The Hall–Kier alpha value is -1.95. The summed E-state index contributed by atoms with van der Waals surface area (Å²) in [4.78, 5) is 11.4. The molecule has 0 fully saturated rings. The fourth-order valence-corrected chi connectivity index (χ4v) is 2.03. The van der Waals surface area contributed by atoms with E-state index in [-0.39, 0.29) is 0 Å². The summed E-state index contributed by atoms with van der Waals surface area (Å²) in [6.45, 7) is 0. The molecule has 1 aromatic carbocycles. The van der Waals surface area contributed by atoms with Gasteiger partial charge in [-0.2, -0.15) is 0 Å². The minimum Gasteiger partial charge on any atom is -0.431 e. The number of nitrogens with two attached hydrogens (primary N) is 1. The van der Waals surface area contributed by atoms with Gasteiger partial charge in [0.2, 0.25) is 0 Å². The Bertz CT molecular complexity index is 617. The fourth-order valence-electron chi connectivity index (χ4n) is 1.35. The van der Waals surface area contributed by atoms with Crippen molar-refractivity contribution in [1.82, 2.24) is 15.0 Å². The highest BCUT2D eigenvalue weighted by Gasteiger charge is 2.08. The minimum atomic E-state index is 0.551. The molecule has 0 atom stereocenters. The molecule has 3 N–H and O–H groups in total. The van der Waals surface area contributed by atoms with E-state index in [9.17, 15) is 0 Å². The first-order valence-corrected chi connectivity index (χ1v) is 5.46. The van der Waals surface area contributed by atoms with E-state index in [0.29, 0.717) is 16.5 Å². The van der Waals surface area contributed by atoms with Crippen LogP contribution in [0.2, 0.25) is 0 Å². The van der Waals surface area contributed by atoms with Crippen molar-refractivity contribution in [2.75, 3.05) is 5.73 Å². The van der Waals surface area contributed by atoms with Gasteiger partial charge in [-0.1, -0.05) is 0 Å². The van der Waals surface area contributed by atoms with Crippen molar-refractivity contribution in [2.24, 2.45) is 0 Å². The second-order valence-electron chi connectivity index (χ2n) is 3.20. The maximum Gasteiger partial charge on any atom is 0.264 e. The number of imidazole rings is 1. The number of anilines is 1. The molecule has 0 radical (unpaired) electrons. The molecule has 2 aromatic heterocycles. The molecule has 80 valence electrons. The number of H-pyrrole nitrogens is 1. The van der Waals surface area contributed by atoms with Gasteiger partial charge in [0.25, 0.3) is 5.22 Å². The molecule has 0 bridgehead atoms. The van der Waals surface area contributed by atoms with Gasteiger partial charge < -0.3 is 15.1 Å². The average Bonchev–Trinajstić information content (AvgIpc) is 2.86. The summed E-state index contributed by atoms with van der Waals surface area (Å²) in [5.41, 5.74) is 7.80. The summed E-state index contributed by atoms with van der Waals surface area (Å²) in [5.74, 6) is 0. The number of aromatic nitrogens is 3. The molecule has 0 amide bonds. The van der Waals surface area contributed by atoms with Gasteiger partial charge in [0.15, 0.2) is 10.7 Å². The van der Waals surface area contributed by atoms with Crippen LogP contribution in [0.25, 0.3) is 11.1 Å². The van der Waals surface area contributed by atoms with Crippen molar-refractivity contribution in [2.45, 2.75) is 10.4 Å². The van der Waals surface area contributed by atoms with Crippen LogP contribution < -0.4 is 5.73 Å². The zero-order valence-electron chi connectivity index (χ0n) is 8.18. The van der Waals surface area contributed by atoms with Crippen LogP contribution in [0.3, 0.4) is 0 Å². The molecule has 2 heterocycles. The van der Waals surface area contributed by atoms with E-state index in [1.807, 2.05) is 6.07 Å². The predicted molar refractivity (Wildman–Crippen MR) is 61.1 cm³/mol. The first-order valence-electron chi connectivity index (χ1n) is 4.64. The van der Waals surface area contributed by atoms with Crippen molar-refractivity contribution in [3.63, 3.8) is 0 Å². The largest absolute Gasteiger partial charge is 0.431 e. The van der Waals surface area contributed by atoms with Crippen LogP contribution in [-0.2, 0) is 0 Å². The number of aromatic amines is 1. The molecule has 3 rings (SSSR count). The van der Waals surface area contributed by atoms with E-state index in [2.05, 4.69) is 15.0 Å². The molecule has 0 aliphatic heterocycles. The standard InChI is InChI=1S/C10H8N4OS/c11-6-1-2-7-8(5-6)15-10(14-7)16-9-12-3-4-13-9/h1-5H,11H2,(H,12,13). The number of nitrogens with zero attached hydrogens (tertiary/aromatic N) is 2. The van der Waals surface area contributed by atoms with E-state index in [1.54, 1.807) is 24.5 Å². The molecule has 0 saturated heterocycles. The van der Waals surface area contributed by atoms with Gasteiger partial charge in [0.1, 0.15) is 5.52 Å². The lowest BCUT2D eigenvalue weighted by Crippen LogP contribution is -1.81. The lowest BCUT2D eigenvalue weighted by atomic mass is 10.3. The highest BCUT2D eigenvalue weighted by atomic mass is 32.2. The third kappa shape index (κ3) is 1.63. The van der Waals surface area contributed by atoms with Crippen molar-refractivity contribution in [3.8, 4) is 0 Å². The highest BCUT2D eigenvalue weighted by Crippen LogP contribution is 2.28. The molecular formula is C10H8N4OS. The number of oxazole rings is 1. The van der Waals surface area contributed by atoms with Crippen molar-refractivity contribution in [1.29, 1.82) is 0 Å². The molecule has 0 saturated carbocycles. The first-order chi connectivity index (χ1) is 7.81. The summed E-state index contributed by atoms with van der Waals surface area (Å²) in [5, 5.41) is 1.30. The number of hydrogen-bond donors (Lipinski definition) is 2. The Morgan fingerprint density at radius 1 is 1.38 bits per heavy atom. The van der Waals surface area contributed by atoms with Crippen LogP contribution in [0.15, 0.2) is 45.4 Å². The van der Waals surface area contributed by atoms with Crippen LogP contribution >= 0.6 is 11.8 Å². The molecule has 16 heavy (non-hydrogen) atoms. The smallest absolute Gasteiger partial charge is 0.264 e. The van der Waals surface area contributed by atoms with Gasteiger partial charge in [0.05, 0.1) is 0 Å². The van der Waals surface area contributed by atoms with E-state index in [4.69, 9.17) is 10.2 Å². The van der Waals surface area contributed by atoms with Gasteiger partial charge in [-0.05, 0) is 12.1 Å². The van der Waals surface area contributed by atoms with Crippen molar-refractivity contribution >= 4 is 28.5 Å². The second-order valence-corrected chi connectivity index (χ2v) is 4.14. The quantitative estimate of drug-likeness (QED) is 0.662. The van der Waals surface area contributed by atoms with E-state index < -0.39 is 0 Å². The third-order valence-electron chi connectivity index (χ3n) is 2.05. The van der Waals surface area contributed by atoms with Gasteiger partial charge in [-0.3, -0.25) is 0 Å². The maximum absolute atomic E-state index is 5.66. The summed E-state index contributed by atoms with van der Waals surface area (Å²) in [7, 11) is 0. The molecular weight excluding hydrogens is 224 g/mol. The van der Waals surface area contributed by atoms with Crippen LogP contribution in [-0.4, -0.2) is 15.0 Å². The second kappa shape index (κ2) is 3.57. The van der Waals surface area contributed by atoms with E-state index in [0.717, 1.165) is 10.7 Å². The van der Waals surface area contributed by atoms with Crippen LogP contribution in [0.5, 0.6) is 0 Å². The molecule has 0 unspecified atom stereocenters. The Balaban J connectivity index is 1.99. The number of fused-ring (bicyclic) bond motifs is 1. The Morgan fingerprint density at radius 2 is 2.31 bits per heavy atom. The van der Waals surface area contributed by atoms with E-state index in [1.165, 1.54) is 11.8 Å². The van der Waals surface area contributed by atoms with Gasteiger partial charge in [-0.15, -0.1) is 0 Å². The average molecular weight is 232 g/mol. The number of hydrogen-bond acceptors (Lipinski definition) is 5. The molecule has 6 heteroatoms. The predicted octanol–water partition coefficient (Wildman–Crippen LogP) is 2.28. The number of benzene rings is 1. The summed E-state index contributed by atoms with van der Waals surface area (Å²) < 4.78 is 5.53. The normalized spacial score (nSPS) is 11.0. The zero-order chi connectivity index (χ0) is 11.0. The van der Waals surface area contributed by atoms with E-state index >= 15 is 0 Å². The Labute approximate surface area is 95.1 Å². The number of nitrogens with one attached hydrogen (secondary N) is 1. The lowest BCUT2D eigenvalue weighted by Gasteiger charge is -1.89. The number of rotatable bonds is 2. The van der Waals surface area contributed by atoms with Crippen LogP contribution in [0.1, 0.15) is 0 Å². The third-order valence-corrected chi connectivity index (χ3v) is 2.82. The maximum atomic E-state index is 5.66. The topological polar surface area (TPSA) is 80.7 Å². The monoisotopic (exact) mass is 232 g/mol. The Kier molecular flexibility index (Phi) is 2.07. The first kappa shape index (κ1) is 9.29. The Morgan fingerprint density at radius 3 is 3.12 bits per heavy atom. The zero-order valence-corrected chi connectivity index (χ0v) is 8.99. The SMILES string of the molecule is Nc1ccc2nc(Sc3ncc[nH]3)oc2c1. The van der Waals surface area contributed by atoms with Gasteiger partial charge in [-0.25, -0.2) is 9.97 Å². The minimum absolute atomic E-state index is 0.551. The summed E-state index contributed by atoms with van der Waals surface area (Å²) >= 11 is 1.34. The van der Waals surface area contributed by atoms with Crippen LogP contribution in [0, 0.1) is 0 Å². The van der Waals surface area contributed by atoms with Gasteiger partial charge in [0, 0.05) is 35.9 Å². The fraction of sp³-hybridized carbons (Fsp3) is 0. The van der Waals surface area contributed by atoms with Crippen molar-refractivity contribution in [3.05, 3.63) is 30.6 Å². The molecule has 3 aromatic rings. The number of nitrogen functional groups attached to an aromatic ring is 1. The summed E-state index contributed by atoms with van der Waals surface area (Å²) in [6.07, 6.45) is 3.44.